The van der Waals surface area contributed by atoms with Gasteiger partial charge < -0.3 is 4.42 Å². The summed E-state index contributed by atoms with van der Waals surface area (Å²) in [4.78, 5) is 13.4. The highest BCUT2D eigenvalue weighted by Crippen LogP contribution is 2.32. The van der Waals surface area contributed by atoms with Crippen LogP contribution < -0.4 is 0 Å². The number of benzene rings is 1. The molecule has 1 aromatic heterocycles. The zero-order valence-corrected chi connectivity index (χ0v) is 10.3. The fourth-order valence-electron chi connectivity index (χ4n) is 1.48. The number of nitro groups is 1. The Morgan fingerprint density at radius 3 is 2.68 bits per heavy atom. The van der Waals surface area contributed by atoms with Gasteiger partial charge in [-0.1, -0.05) is 0 Å². The summed E-state index contributed by atoms with van der Waals surface area (Å²) in [5.41, 5.74) is -1.34. The van der Waals surface area contributed by atoms with E-state index in [-0.39, 0.29) is 17.2 Å². The number of rotatable bonds is 3. The lowest BCUT2D eigenvalue weighted by Crippen LogP contribution is -1.96. The second kappa shape index (κ2) is 4.93. The van der Waals surface area contributed by atoms with Crippen LogP contribution in [0.15, 0.2) is 22.7 Å². The monoisotopic (exact) mass is 288 g/mol. The van der Waals surface area contributed by atoms with Gasteiger partial charge in [-0.05, 0) is 13.0 Å². The summed E-state index contributed by atoms with van der Waals surface area (Å²) in [6.45, 7) is 1.58. The van der Waals surface area contributed by atoms with Gasteiger partial charge in [0.25, 0.3) is 0 Å². The fourth-order valence-corrected chi connectivity index (χ4v) is 1.58. The van der Waals surface area contributed by atoms with E-state index >= 15 is 0 Å². The molecule has 2 aromatic rings. The summed E-state index contributed by atoms with van der Waals surface area (Å²) < 4.78 is 32.3. The van der Waals surface area contributed by atoms with Gasteiger partial charge in [-0.15, -0.1) is 11.6 Å². The molecule has 0 fully saturated rings. The molecule has 0 radical (unpaired) electrons. The highest BCUT2D eigenvalue weighted by molar-refractivity contribution is 6.20. The molecular formula is C11H7ClF2N2O3. The molecule has 0 bridgehead atoms. The van der Waals surface area contributed by atoms with Crippen LogP contribution in [0.25, 0.3) is 11.3 Å². The number of alkyl halides is 1. The van der Waals surface area contributed by atoms with Crippen molar-refractivity contribution < 1.29 is 18.1 Å². The van der Waals surface area contributed by atoms with E-state index in [0.717, 1.165) is 12.3 Å². The van der Waals surface area contributed by atoms with Gasteiger partial charge in [0, 0.05) is 0 Å². The van der Waals surface area contributed by atoms with Gasteiger partial charge in [0.05, 0.1) is 22.7 Å². The van der Waals surface area contributed by atoms with E-state index in [1.807, 2.05) is 0 Å². The van der Waals surface area contributed by atoms with Crippen molar-refractivity contribution in [2.24, 2.45) is 0 Å². The van der Waals surface area contributed by atoms with E-state index in [0.29, 0.717) is 6.07 Å². The Bertz CT molecular complexity index is 643. The molecule has 1 unspecified atom stereocenters. The third kappa shape index (κ3) is 2.55. The molecule has 2 rings (SSSR count). The van der Waals surface area contributed by atoms with Crippen LogP contribution >= 0.6 is 11.6 Å². The van der Waals surface area contributed by atoms with Crippen molar-refractivity contribution in [2.45, 2.75) is 12.3 Å². The Hall–Kier alpha value is -2.02. The maximum absolute atomic E-state index is 13.9. The van der Waals surface area contributed by atoms with Crippen LogP contribution in [0.5, 0.6) is 0 Å². The van der Waals surface area contributed by atoms with Gasteiger partial charge in [-0.25, -0.2) is 9.37 Å². The first-order valence-corrected chi connectivity index (χ1v) is 5.57. The Kier molecular flexibility index (Phi) is 3.48. The lowest BCUT2D eigenvalue weighted by atomic mass is 10.1. The van der Waals surface area contributed by atoms with Gasteiger partial charge in [-0.3, -0.25) is 10.1 Å². The third-order valence-corrected chi connectivity index (χ3v) is 2.53. The number of nitrogens with zero attached hydrogens (tertiary/aromatic N) is 2. The number of halogens is 3. The van der Waals surface area contributed by atoms with Crippen molar-refractivity contribution in [3.8, 4) is 11.3 Å². The molecule has 1 aromatic carbocycles. The molecule has 100 valence electrons. The molecule has 0 saturated carbocycles. The lowest BCUT2D eigenvalue weighted by molar-refractivity contribution is -0.387. The summed E-state index contributed by atoms with van der Waals surface area (Å²) in [7, 11) is 0. The summed E-state index contributed by atoms with van der Waals surface area (Å²) in [5.74, 6) is -2.14. The quantitative estimate of drug-likeness (QED) is 0.489. The van der Waals surface area contributed by atoms with Crippen molar-refractivity contribution in [1.82, 2.24) is 4.98 Å². The number of hydrogen-bond donors (Lipinski definition) is 0. The number of nitro benzene ring substituents is 1. The molecule has 0 amide bonds. The third-order valence-electron chi connectivity index (χ3n) is 2.34. The zero-order chi connectivity index (χ0) is 14.2. The van der Waals surface area contributed by atoms with E-state index in [2.05, 4.69) is 4.98 Å². The number of oxazole rings is 1. The van der Waals surface area contributed by atoms with Gasteiger partial charge >= 0.3 is 5.69 Å². The van der Waals surface area contributed by atoms with Gasteiger partial charge in [0.1, 0.15) is 11.2 Å². The first-order chi connectivity index (χ1) is 8.90. The molecule has 5 nitrogen and oxygen atoms in total. The Morgan fingerprint density at radius 2 is 2.16 bits per heavy atom. The standard InChI is InChI=1S/C11H7ClF2N2O3/c1-5(12)11-15-4-9(19-11)7-2-6(13)3-8(10(7)14)16(17)18/h2-5H,1H3. The minimum atomic E-state index is -1.18. The van der Waals surface area contributed by atoms with E-state index < -0.39 is 27.6 Å². The molecule has 0 spiro atoms. The van der Waals surface area contributed by atoms with Crippen LogP contribution in [-0.4, -0.2) is 9.91 Å². The molecule has 1 heterocycles. The molecule has 8 heteroatoms. The molecule has 0 N–H and O–H groups in total. The van der Waals surface area contributed by atoms with Crippen LogP contribution in [0.4, 0.5) is 14.5 Å². The van der Waals surface area contributed by atoms with Crippen molar-refractivity contribution in [3.63, 3.8) is 0 Å². The summed E-state index contributed by atoms with van der Waals surface area (Å²) in [6, 6.07) is 1.30. The normalized spacial score (nSPS) is 12.4. The maximum Gasteiger partial charge on any atom is 0.308 e. The number of aromatic nitrogens is 1. The van der Waals surface area contributed by atoms with Gasteiger partial charge in [0.15, 0.2) is 5.76 Å². The molecule has 0 aliphatic heterocycles. The van der Waals surface area contributed by atoms with E-state index in [9.17, 15) is 18.9 Å². The Morgan fingerprint density at radius 1 is 1.47 bits per heavy atom. The van der Waals surface area contributed by atoms with Crippen molar-refractivity contribution in [2.75, 3.05) is 0 Å². The summed E-state index contributed by atoms with van der Waals surface area (Å²) in [6.07, 6.45) is 1.13. The highest BCUT2D eigenvalue weighted by atomic mass is 35.5. The predicted molar refractivity (Wildman–Crippen MR) is 62.8 cm³/mol. The van der Waals surface area contributed by atoms with Gasteiger partial charge in [0.2, 0.25) is 11.7 Å². The van der Waals surface area contributed by atoms with Crippen LogP contribution in [0.1, 0.15) is 18.2 Å². The minimum absolute atomic E-state index is 0.114. The van der Waals surface area contributed by atoms with E-state index in [1.54, 1.807) is 6.92 Å². The molecule has 0 aliphatic carbocycles. The van der Waals surface area contributed by atoms with Crippen LogP contribution in [0, 0.1) is 21.7 Å². The smallest absolute Gasteiger partial charge is 0.308 e. The number of hydrogen-bond acceptors (Lipinski definition) is 4. The van der Waals surface area contributed by atoms with Crippen LogP contribution in [0.2, 0.25) is 0 Å². The molecular weight excluding hydrogens is 282 g/mol. The summed E-state index contributed by atoms with van der Waals surface area (Å²) >= 11 is 5.72. The lowest BCUT2D eigenvalue weighted by Gasteiger charge is -2.01. The largest absolute Gasteiger partial charge is 0.439 e. The second-order valence-corrected chi connectivity index (χ2v) is 4.38. The predicted octanol–water partition coefficient (Wildman–Crippen LogP) is 3.83. The van der Waals surface area contributed by atoms with Crippen LogP contribution in [-0.2, 0) is 0 Å². The Labute approximate surface area is 111 Å². The van der Waals surface area contributed by atoms with Crippen molar-refractivity contribution in [3.05, 3.63) is 46.0 Å². The minimum Gasteiger partial charge on any atom is -0.439 e. The highest BCUT2D eigenvalue weighted by Gasteiger charge is 2.23. The molecule has 1 atom stereocenters. The molecule has 0 aliphatic rings. The zero-order valence-electron chi connectivity index (χ0n) is 9.56. The summed E-state index contributed by atoms with van der Waals surface area (Å²) in [5, 5.41) is 10.0. The fraction of sp³-hybridized carbons (Fsp3) is 0.182. The molecule has 0 saturated heterocycles. The van der Waals surface area contributed by atoms with Crippen LogP contribution in [0.3, 0.4) is 0 Å². The first kappa shape index (κ1) is 13.4. The SMILES string of the molecule is CC(Cl)c1ncc(-c2cc(F)cc([N+](=O)[O-])c2F)o1. The topological polar surface area (TPSA) is 69.2 Å². The maximum atomic E-state index is 13.9. The first-order valence-electron chi connectivity index (χ1n) is 5.13. The van der Waals surface area contributed by atoms with Gasteiger partial charge in [-0.2, -0.15) is 4.39 Å². The average molecular weight is 289 g/mol. The van der Waals surface area contributed by atoms with Crippen molar-refractivity contribution in [1.29, 1.82) is 0 Å². The Balaban J connectivity index is 2.58. The molecule has 19 heavy (non-hydrogen) atoms. The van der Waals surface area contributed by atoms with Crippen molar-refractivity contribution >= 4 is 17.3 Å². The van der Waals surface area contributed by atoms with E-state index in [1.165, 1.54) is 0 Å². The average Bonchev–Trinajstić information content (AvgIpc) is 2.80. The van der Waals surface area contributed by atoms with E-state index in [4.69, 9.17) is 16.0 Å². The second-order valence-electron chi connectivity index (χ2n) is 3.72.